The molecule has 5 heterocycles. The summed E-state index contributed by atoms with van der Waals surface area (Å²) >= 11 is 1.57. The molecule has 146 valence electrons. The van der Waals surface area contributed by atoms with Gasteiger partial charge >= 0.3 is 0 Å². The number of hydrogen-bond acceptors (Lipinski definition) is 7. The van der Waals surface area contributed by atoms with Gasteiger partial charge in [-0.1, -0.05) is 0 Å². The van der Waals surface area contributed by atoms with Crippen molar-refractivity contribution in [3.8, 4) is 5.88 Å². The van der Waals surface area contributed by atoms with Gasteiger partial charge in [-0.15, -0.1) is 11.3 Å². The van der Waals surface area contributed by atoms with E-state index < -0.39 is 0 Å². The Morgan fingerprint density at radius 3 is 3.00 bits per heavy atom. The molecule has 5 aromatic rings. The second-order valence-corrected chi connectivity index (χ2v) is 7.72. The van der Waals surface area contributed by atoms with Crippen molar-refractivity contribution >= 4 is 32.6 Å². The Balaban J connectivity index is 1.56. The summed E-state index contributed by atoms with van der Waals surface area (Å²) in [6.07, 6.45) is 5.84. The SMILES string of the molecule is COc1cc(Cn2ncc3c4sc(Cc5cc[nH]n5)nc4n(C)c3c2=O)ccn1. The highest BCUT2D eigenvalue weighted by atomic mass is 32.1. The largest absolute Gasteiger partial charge is 0.481 e. The molecule has 1 N–H and O–H groups in total. The molecule has 0 aromatic carbocycles. The predicted molar refractivity (Wildman–Crippen MR) is 109 cm³/mol. The van der Waals surface area contributed by atoms with E-state index in [-0.39, 0.29) is 5.56 Å². The van der Waals surface area contributed by atoms with Crippen LogP contribution in [0.3, 0.4) is 0 Å². The molecule has 0 aliphatic heterocycles. The minimum Gasteiger partial charge on any atom is -0.481 e. The number of pyridine rings is 1. The lowest BCUT2D eigenvalue weighted by Gasteiger charge is -2.07. The summed E-state index contributed by atoms with van der Waals surface area (Å²) < 4.78 is 9.42. The van der Waals surface area contributed by atoms with Crippen LogP contribution in [-0.2, 0) is 20.0 Å². The molecule has 29 heavy (non-hydrogen) atoms. The van der Waals surface area contributed by atoms with E-state index in [2.05, 4.69) is 20.3 Å². The number of fused-ring (bicyclic) bond motifs is 3. The van der Waals surface area contributed by atoms with Crippen LogP contribution in [0.5, 0.6) is 5.88 Å². The molecule has 10 heteroatoms. The number of methoxy groups -OCH3 is 1. The Bertz CT molecular complexity index is 1380. The van der Waals surface area contributed by atoms with Crippen LogP contribution in [0.1, 0.15) is 16.3 Å². The lowest BCUT2D eigenvalue weighted by molar-refractivity contribution is 0.397. The quantitative estimate of drug-likeness (QED) is 0.479. The predicted octanol–water partition coefficient (Wildman–Crippen LogP) is 2.11. The van der Waals surface area contributed by atoms with Gasteiger partial charge in [0.2, 0.25) is 5.88 Å². The van der Waals surface area contributed by atoms with Gasteiger partial charge in [0, 0.05) is 37.3 Å². The van der Waals surface area contributed by atoms with Gasteiger partial charge in [0.1, 0.15) is 10.5 Å². The van der Waals surface area contributed by atoms with Crippen molar-refractivity contribution in [3.63, 3.8) is 0 Å². The summed E-state index contributed by atoms with van der Waals surface area (Å²) in [5.41, 5.74) is 3.06. The van der Waals surface area contributed by atoms with Crippen molar-refractivity contribution in [2.75, 3.05) is 7.11 Å². The fourth-order valence-electron chi connectivity index (χ4n) is 3.40. The van der Waals surface area contributed by atoms with E-state index in [1.165, 1.54) is 4.68 Å². The molecule has 0 aliphatic rings. The number of rotatable bonds is 5. The number of aryl methyl sites for hydroxylation is 1. The monoisotopic (exact) mass is 407 g/mol. The summed E-state index contributed by atoms with van der Waals surface area (Å²) in [7, 11) is 3.43. The Hall–Kier alpha value is -3.53. The Labute approximate surface area is 168 Å². The highest BCUT2D eigenvalue weighted by Crippen LogP contribution is 2.31. The Kier molecular flexibility index (Phi) is 4.13. The molecule has 0 aliphatic carbocycles. The maximum absolute atomic E-state index is 13.1. The number of hydrogen-bond donors (Lipinski definition) is 1. The topological polar surface area (TPSA) is 104 Å². The van der Waals surface area contributed by atoms with Crippen LogP contribution < -0.4 is 10.3 Å². The van der Waals surface area contributed by atoms with E-state index in [1.807, 2.05) is 23.7 Å². The van der Waals surface area contributed by atoms with Crippen molar-refractivity contribution in [2.45, 2.75) is 13.0 Å². The zero-order valence-corrected chi connectivity index (χ0v) is 16.6. The molecule has 5 rings (SSSR count). The molecule has 5 aromatic heterocycles. The molecule has 0 unspecified atom stereocenters. The number of aromatic nitrogens is 7. The van der Waals surface area contributed by atoms with Crippen LogP contribution in [0, 0.1) is 0 Å². The number of thiazole rings is 1. The minimum atomic E-state index is -0.153. The minimum absolute atomic E-state index is 0.153. The van der Waals surface area contributed by atoms with Crippen LogP contribution in [0.25, 0.3) is 21.3 Å². The van der Waals surface area contributed by atoms with E-state index in [0.29, 0.717) is 24.4 Å². The van der Waals surface area contributed by atoms with E-state index >= 15 is 0 Å². The summed E-state index contributed by atoms with van der Waals surface area (Å²) in [5, 5.41) is 13.2. The molecule has 0 amide bonds. The average Bonchev–Trinajstić information content (AvgIpc) is 3.44. The Morgan fingerprint density at radius 1 is 1.31 bits per heavy atom. The third-order valence-electron chi connectivity index (χ3n) is 4.80. The van der Waals surface area contributed by atoms with Crippen molar-refractivity contribution in [3.05, 3.63) is 63.4 Å². The zero-order chi connectivity index (χ0) is 20.0. The second-order valence-electron chi connectivity index (χ2n) is 6.64. The second kappa shape index (κ2) is 6.82. The molecule has 0 bridgehead atoms. The molecule has 0 spiro atoms. The molecular weight excluding hydrogens is 390 g/mol. The molecule has 9 nitrogen and oxygen atoms in total. The van der Waals surface area contributed by atoms with Crippen LogP contribution in [-0.4, -0.2) is 41.6 Å². The van der Waals surface area contributed by atoms with Crippen molar-refractivity contribution in [1.82, 2.24) is 34.5 Å². The lowest BCUT2D eigenvalue weighted by atomic mass is 10.2. The van der Waals surface area contributed by atoms with Crippen LogP contribution in [0.15, 0.2) is 41.6 Å². The maximum Gasteiger partial charge on any atom is 0.291 e. The molecule has 0 fully saturated rings. The van der Waals surface area contributed by atoms with Gasteiger partial charge in [0.05, 0.1) is 30.2 Å². The molecular formula is C19H17N7O2S. The van der Waals surface area contributed by atoms with Gasteiger partial charge < -0.3 is 9.30 Å². The third-order valence-corrected chi connectivity index (χ3v) is 5.88. The van der Waals surface area contributed by atoms with E-state index in [4.69, 9.17) is 9.72 Å². The fourth-order valence-corrected chi connectivity index (χ4v) is 4.52. The first-order valence-electron chi connectivity index (χ1n) is 8.95. The summed E-state index contributed by atoms with van der Waals surface area (Å²) in [4.78, 5) is 21.9. The lowest BCUT2D eigenvalue weighted by Crippen LogP contribution is -2.24. The summed E-state index contributed by atoms with van der Waals surface area (Å²) in [6.45, 7) is 0.338. The number of H-pyrrole nitrogens is 1. The van der Waals surface area contributed by atoms with Gasteiger partial charge in [-0.3, -0.25) is 9.89 Å². The standard InChI is InChI=1S/C19H17N7O2S/c1-25-16-13(17-18(25)23-15(29-17)8-12-4-6-21-24-12)9-22-26(19(16)27)10-11-3-5-20-14(7-11)28-2/h3-7,9H,8,10H2,1-2H3,(H,21,24). The van der Waals surface area contributed by atoms with Gasteiger partial charge in [-0.25, -0.2) is 14.6 Å². The zero-order valence-electron chi connectivity index (χ0n) is 15.8. The van der Waals surface area contributed by atoms with E-state index in [9.17, 15) is 4.79 Å². The van der Waals surface area contributed by atoms with Gasteiger partial charge in [0.15, 0.2) is 5.65 Å². The number of aromatic amines is 1. The van der Waals surface area contributed by atoms with Crippen LogP contribution >= 0.6 is 11.3 Å². The van der Waals surface area contributed by atoms with Crippen molar-refractivity contribution in [2.24, 2.45) is 7.05 Å². The summed E-state index contributed by atoms with van der Waals surface area (Å²) in [6, 6.07) is 5.57. The van der Waals surface area contributed by atoms with Gasteiger partial charge in [-0.2, -0.15) is 10.2 Å². The number of nitrogens with zero attached hydrogens (tertiary/aromatic N) is 6. The molecule has 0 saturated heterocycles. The van der Waals surface area contributed by atoms with Crippen LogP contribution in [0.4, 0.5) is 0 Å². The highest BCUT2D eigenvalue weighted by Gasteiger charge is 2.18. The van der Waals surface area contributed by atoms with Gasteiger partial charge in [-0.05, 0) is 17.7 Å². The first-order valence-corrected chi connectivity index (χ1v) is 9.77. The van der Waals surface area contributed by atoms with Crippen LogP contribution in [0.2, 0.25) is 0 Å². The van der Waals surface area contributed by atoms with Gasteiger partial charge in [0.25, 0.3) is 5.56 Å². The number of ether oxygens (including phenoxy) is 1. The fraction of sp³-hybridized carbons (Fsp3) is 0.211. The molecule has 0 atom stereocenters. The highest BCUT2D eigenvalue weighted by molar-refractivity contribution is 7.19. The van der Waals surface area contributed by atoms with Crippen molar-refractivity contribution in [1.29, 1.82) is 0 Å². The smallest absolute Gasteiger partial charge is 0.291 e. The molecule has 0 radical (unpaired) electrons. The summed E-state index contributed by atoms with van der Waals surface area (Å²) in [5.74, 6) is 0.504. The van der Waals surface area contributed by atoms with E-state index in [0.717, 1.165) is 32.0 Å². The van der Waals surface area contributed by atoms with Crippen molar-refractivity contribution < 1.29 is 4.74 Å². The normalized spacial score (nSPS) is 11.5. The number of nitrogens with one attached hydrogen (secondary N) is 1. The first kappa shape index (κ1) is 17.6. The Morgan fingerprint density at radius 2 is 2.21 bits per heavy atom. The maximum atomic E-state index is 13.1. The third kappa shape index (κ3) is 2.97. The molecule has 0 saturated carbocycles. The van der Waals surface area contributed by atoms with E-state index in [1.54, 1.807) is 43.1 Å². The average molecular weight is 407 g/mol. The first-order chi connectivity index (χ1) is 14.1.